The van der Waals surface area contributed by atoms with Gasteiger partial charge in [-0.3, -0.25) is 0 Å². The zero-order valence-corrected chi connectivity index (χ0v) is 8.52. The maximum Gasteiger partial charge on any atom is 0.337 e. The molecule has 0 aliphatic carbocycles. The van der Waals surface area contributed by atoms with E-state index in [1.54, 1.807) is 13.0 Å². The summed E-state index contributed by atoms with van der Waals surface area (Å²) in [5, 5.41) is 12.4. The number of aryl methyl sites for hydroxylation is 1. The van der Waals surface area contributed by atoms with E-state index in [2.05, 4.69) is 9.99 Å². The maximum absolute atomic E-state index is 10.8. The minimum atomic E-state index is -1.05. The molecule has 0 saturated carbocycles. The third-order valence-corrected chi connectivity index (χ3v) is 1.95. The van der Waals surface area contributed by atoms with Crippen molar-refractivity contribution >= 4 is 17.9 Å². The van der Waals surface area contributed by atoms with Crippen molar-refractivity contribution < 1.29 is 14.7 Å². The highest BCUT2D eigenvalue weighted by Crippen LogP contribution is 2.18. The highest BCUT2D eigenvalue weighted by Gasteiger charge is 2.10. The molecule has 15 heavy (non-hydrogen) atoms. The number of carboxylic acid groups (broad SMARTS) is 1. The Morgan fingerprint density at radius 3 is 2.80 bits per heavy atom. The number of carboxylic acids is 1. The lowest BCUT2D eigenvalue weighted by Gasteiger charge is -2.05. The van der Waals surface area contributed by atoms with Gasteiger partial charge in [0.15, 0.2) is 0 Å². The second-order valence-electron chi connectivity index (χ2n) is 3.02. The zero-order valence-electron chi connectivity index (χ0n) is 8.52. The summed E-state index contributed by atoms with van der Waals surface area (Å²) in [6.07, 6.45) is 1.43. The summed E-state index contributed by atoms with van der Waals surface area (Å²) >= 11 is 0. The van der Waals surface area contributed by atoms with Gasteiger partial charge in [-0.2, -0.15) is 0 Å². The van der Waals surface area contributed by atoms with Crippen LogP contribution in [0, 0.1) is 6.92 Å². The first-order valence-electron chi connectivity index (χ1n) is 4.26. The fourth-order valence-corrected chi connectivity index (χ4v) is 1.19. The summed E-state index contributed by atoms with van der Waals surface area (Å²) in [6, 6.07) is 3.19. The molecule has 0 aliphatic rings. The minimum Gasteiger partial charge on any atom is -0.478 e. The molecule has 0 radical (unpaired) electrons. The van der Waals surface area contributed by atoms with Gasteiger partial charge >= 0.3 is 5.97 Å². The molecule has 0 atom stereocenters. The topological polar surface area (TPSA) is 84.9 Å². The summed E-state index contributed by atoms with van der Waals surface area (Å²) in [6.45, 7) is 1.74. The highest BCUT2D eigenvalue weighted by atomic mass is 16.6. The van der Waals surface area contributed by atoms with E-state index >= 15 is 0 Å². The van der Waals surface area contributed by atoms with Crippen molar-refractivity contribution in [2.45, 2.75) is 6.92 Å². The molecule has 1 aromatic carbocycles. The Labute approximate surface area is 87.1 Å². The lowest BCUT2D eigenvalue weighted by Crippen LogP contribution is -2.05. The summed E-state index contributed by atoms with van der Waals surface area (Å²) in [5.41, 5.74) is 7.32. The van der Waals surface area contributed by atoms with Crippen LogP contribution in [0.3, 0.4) is 0 Å². The summed E-state index contributed by atoms with van der Waals surface area (Å²) in [5.74, 6) is -1.05. The molecule has 0 fully saturated rings. The zero-order chi connectivity index (χ0) is 11.4. The number of hydrogen-bond acceptors (Lipinski definition) is 4. The number of rotatable bonds is 3. The van der Waals surface area contributed by atoms with Crippen LogP contribution in [0.1, 0.15) is 21.5 Å². The monoisotopic (exact) mass is 208 g/mol. The van der Waals surface area contributed by atoms with E-state index in [0.717, 1.165) is 0 Å². The minimum absolute atomic E-state index is 0.0764. The van der Waals surface area contributed by atoms with Gasteiger partial charge in [-0.05, 0) is 30.2 Å². The third-order valence-electron chi connectivity index (χ3n) is 1.95. The Morgan fingerprint density at radius 2 is 2.27 bits per heavy atom. The van der Waals surface area contributed by atoms with Crippen molar-refractivity contribution in [3.8, 4) is 0 Å². The van der Waals surface area contributed by atoms with Crippen LogP contribution in [-0.4, -0.2) is 24.4 Å². The number of anilines is 1. The van der Waals surface area contributed by atoms with Crippen LogP contribution >= 0.6 is 0 Å². The number of benzene rings is 1. The summed E-state index contributed by atoms with van der Waals surface area (Å²) in [4.78, 5) is 15.4. The molecule has 0 aromatic heterocycles. The molecule has 0 heterocycles. The predicted molar refractivity (Wildman–Crippen MR) is 57.2 cm³/mol. The second kappa shape index (κ2) is 4.45. The van der Waals surface area contributed by atoms with E-state index in [1.165, 1.54) is 19.4 Å². The lowest BCUT2D eigenvalue weighted by atomic mass is 10.0. The standard InChI is InChI=1S/C10H12N2O3/c1-6-3-7(5-12-15-2)4-8(9(6)11)10(13)14/h3-5H,11H2,1-2H3,(H,13,14)/b12-5-. The van der Waals surface area contributed by atoms with Crippen molar-refractivity contribution in [3.05, 3.63) is 28.8 Å². The number of carbonyl (C=O) groups is 1. The average molecular weight is 208 g/mol. The molecule has 1 rings (SSSR count). The first-order valence-corrected chi connectivity index (χ1v) is 4.26. The van der Waals surface area contributed by atoms with Crippen molar-refractivity contribution in [1.82, 2.24) is 0 Å². The average Bonchev–Trinajstić information content (AvgIpc) is 2.19. The number of nitrogens with zero attached hydrogens (tertiary/aromatic N) is 1. The van der Waals surface area contributed by atoms with Gasteiger partial charge in [-0.15, -0.1) is 0 Å². The molecular weight excluding hydrogens is 196 g/mol. The summed E-state index contributed by atoms with van der Waals surface area (Å²) < 4.78 is 0. The normalized spacial score (nSPS) is 10.5. The van der Waals surface area contributed by atoms with Crippen LogP contribution in [0.5, 0.6) is 0 Å². The Kier molecular flexibility index (Phi) is 3.28. The molecule has 0 spiro atoms. The van der Waals surface area contributed by atoms with E-state index in [0.29, 0.717) is 11.1 Å². The van der Waals surface area contributed by atoms with E-state index < -0.39 is 5.97 Å². The van der Waals surface area contributed by atoms with Crippen LogP contribution < -0.4 is 5.73 Å². The number of oxime groups is 1. The SMILES string of the molecule is CO/N=C\c1cc(C)c(N)c(C(=O)O)c1. The van der Waals surface area contributed by atoms with Gasteiger partial charge in [-0.1, -0.05) is 5.16 Å². The van der Waals surface area contributed by atoms with Crippen LogP contribution in [0.25, 0.3) is 0 Å². The van der Waals surface area contributed by atoms with Gasteiger partial charge in [0.1, 0.15) is 7.11 Å². The third kappa shape index (κ3) is 2.46. The molecule has 5 nitrogen and oxygen atoms in total. The smallest absolute Gasteiger partial charge is 0.337 e. The predicted octanol–water partition coefficient (Wildman–Crippen LogP) is 1.26. The van der Waals surface area contributed by atoms with Gasteiger partial charge in [-0.25, -0.2) is 4.79 Å². The number of hydrogen-bond donors (Lipinski definition) is 2. The van der Waals surface area contributed by atoms with E-state index in [9.17, 15) is 4.79 Å². The molecule has 0 bridgehead atoms. The van der Waals surface area contributed by atoms with Crippen LogP contribution in [0.2, 0.25) is 0 Å². The van der Waals surface area contributed by atoms with Crippen molar-refractivity contribution in [1.29, 1.82) is 0 Å². The van der Waals surface area contributed by atoms with Crippen molar-refractivity contribution in [2.75, 3.05) is 12.8 Å². The molecule has 3 N–H and O–H groups in total. The molecule has 0 saturated heterocycles. The van der Waals surface area contributed by atoms with Crippen LogP contribution in [0.4, 0.5) is 5.69 Å². The Hall–Kier alpha value is -2.04. The highest BCUT2D eigenvalue weighted by molar-refractivity contribution is 5.97. The lowest BCUT2D eigenvalue weighted by molar-refractivity contribution is 0.0698. The first-order chi connectivity index (χ1) is 7.06. The van der Waals surface area contributed by atoms with Crippen LogP contribution in [0.15, 0.2) is 17.3 Å². The quantitative estimate of drug-likeness (QED) is 0.445. The number of nitrogens with two attached hydrogens (primary N) is 1. The molecule has 0 unspecified atom stereocenters. The second-order valence-corrected chi connectivity index (χ2v) is 3.02. The molecule has 1 aromatic rings. The molecule has 80 valence electrons. The van der Waals surface area contributed by atoms with E-state index in [4.69, 9.17) is 10.8 Å². The van der Waals surface area contributed by atoms with E-state index in [-0.39, 0.29) is 11.3 Å². The van der Waals surface area contributed by atoms with E-state index in [1.807, 2.05) is 0 Å². The Bertz CT molecular complexity index is 413. The fourth-order valence-electron chi connectivity index (χ4n) is 1.19. The van der Waals surface area contributed by atoms with Gasteiger partial charge in [0.2, 0.25) is 0 Å². The van der Waals surface area contributed by atoms with Gasteiger partial charge in [0.25, 0.3) is 0 Å². The summed E-state index contributed by atoms with van der Waals surface area (Å²) in [7, 11) is 1.42. The molecule has 5 heteroatoms. The number of nitrogen functional groups attached to an aromatic ring is 1. The number of aromatic carboxylic acids is 1. The molecule has 0 aliphatic heterocycles. The van der Waals surface area contributed by atoms with Gasteiger partial charge in [0.05, 0.1) is 11.8 Å². The fraction of sp³-hybridized carbons (Fsp3) is 0.200. The largest absolute Gasteiger partial charge is 0.478 e. The molecule has 0 amide bonds. The van der Waals surface area contributed by atoms with Crippen molar-refractivity contribution in [3.63, 3.8) is 0 Å². The Balaban J connectivity index is 3.23. The Morgan fingerprint density at radius 1 is 1.60 bits per heavy atom. The molecular formula is C10H12N2O3. The maximum atomic E-state index is 10.8. The van der Waals surface area contributed by atoms with Crippen LogP contribution in [-0.2, 0) is 4.84 Å². The first kappa shape index (κ1) is 11.0. The van der Waals surface area contributed by atoms with Crippen molar-refractivity contribution in [2.24, 2.45) is 5.16 Å². The van der Waals surface area contributed by atoms with Gasteiger partial charge < -0.3 is 15.7 Å². The van der Waals surface area contributed by atoms with Gasteiger partial charge in [0, 0.05) is 5.69 Å².